The van der Waals surface area contributed by atoms with Crippen LogP contribution >= 0.6 is 0 Å². The number of carbonyl (C=O) groups excluding carboxylic acids is 2. The average Bonchev–Trinajstić information content (AvgIpc) is 2.23. The summed E-state index contributed by atoms with van der Waals surface area (Å²) in [7, 11) is 1.59. The van der Waals surface area contributed by atoms with Crippen LogP contribution in [0.3, 0.4) is 0 Å². The van der Waals surface area contributed by atoms with Crippen molar-refractivity contribution in [3.63, 3.8) is 0 Å². The molecule has 0 radical (unpaired) electrons. The van der Waals surface area contributed by atoms with Crippen LogP contribution in [0.1, 0.15) is 27.2 Å². The van der Waals surface area contributed by atoms with E-state index in [-0.39, 0.29) is 24.4 Å². The lowest BCUT2D eigenvalue weighted by molar-refractivity contribution is -0.152. The molecule has 0 bridgehead atoms. The van der Waals surface area contributed by atoms with Crippen LogP contribution in [0.2, 0.25) is 0 Å². The van der Waals surface area contributed by atoms with Gasteiger partial charge in [-0.1, -0.05) is 6.92 Å². The first-order valence-electron chi connectivity index (χ1n) is 5.55. The number of hydrogen-bond donors (Lipinski definition) is 1. The van der Waals surface area contributed by atoms with Gasteiger partial charge in [0, 0.05) is 7.11 Å². The number of methoxy groups -OCH3 is 1. The summed E-state index contributed by atoms with van der Waals surface area (Å²) in [5.41, 5.74) is -0.767. The van der Waals surface area contributed by atoms with Crippen LogP contribution in [0.25, 0.3) is 0 Å². The molecule has 0 aliphatic carbocycles. The number of rotatable bonds is 4. The van der Waals surface area contributed by atoms with Crippen molar-refractivity contribution in [3.8, 4) is 0 Å². The zero-order chi connectivity index (χ0) is 12.3. The summed E-state index contributed by atoms with van der Waals surface area (Å²) in [6.07, 6.45) is 0.591. The lowest BCUT2D eigenvalue weighted by atomic mass is 9.93. The summed E-state index contributed by atoms with van der Waals surface area (Å²) < 4.78 is 5.02. The Bertz CT molecular complexity index is 293. The summed E-state index contributed by atoms with van der Waals surface area (Å²) in [6, 6.07) is -0.0746. The molecule has 1 fully saturated rings. The molecular weight excluding hydrogens is 208 g/mol. The first-order chi connectivity index (χ1) is 7.44. The highest BCUT2D eigenvalue weighted by atomic mass is 16.5. The van der Waals surface area contributed by atoms with E-state index in [1.807, 2.05) is 13.8 Å². The van der Waals surface area contributed by atoms with Gasteiger partial charge in [-0.05, 0) is 20.3 Å². The predicted molar refractivity (Wildman–Crippen MR) is 59.9 cm³/mol. The molecule has 0 spiro atoms. The first kappa shape index (κ1) is 13.0. The highest BCUT2D eigenvalue weighted by molar-refractivity contribution is 5.97. The van der Waals surface area contributed by atoms with Gasteiger partial charge in [-0.15, -0.1) is 0 Å². The molecule has 16 heavy (non-hydrogen) atoms. The molecule has 1 saturated heterocycles. The van der Waals surface area contributed by atoms with Crippen molar-refractivity contribution in [1.29, 1.82) is 0 Å². The van der Waals surface area contributed by atoms with Crippen LogP contribution in [0.15, 0.2) is 0 Å². The normalized spacial score (nSPS) is 27.9. The van der Waals surface area contributed by atoms with Crippen LogP contribution in [0.4, 0.5) is 0 Å². The molecule has 2 amide bonds. The van der Waals surface area contributed by atoms with Crippen molar-refractivity contribution >= 4 is 11.8 Å². The number of nitrogens with one attached hydrogen (secondary N) is 1. The van der Waals surface area contributed by atoms with Crippen molar-refractivity contribution in [2.24, 2.45) is 0 Å². The minimum atomic E-state index is -0.767. The van der Waals surface area contributed by atoms with Gasteiger partial charge in [0.1, 0.15) is 5.54 Å². The number of amides is 2. The molecule has 1 rings (SSSR count). The average molecular weight is 228 g/mol. The van der Waals surface area contributed by atoms with E-state index >= 15 is 0 Å². The zero-order valence-electron chi connectivity index (χ0n) is 10.4. The molecule has 2 unspecified atom stereocenters. The van der Waals surface area contributed by atoms with E-state index in [0.29, 0.717) is 13.0 Å². The summed E-state index contributed by atoms with van der Waals surface area (Å²) >= 11 is 0. The molecule has 0 aromatic rings. The van der Waals surface area contributed by atoms with E-state index in [2.05, 4.69) is 5.32 Å². The molecule has 1 aliphatic rings. The molecule has 5 nitrogen and oxygen atoms in total. The van der Waals surface area contributed by atoms with Crippen molar-refractivity contribution in [2.45, 2.75) is 38.8 Å². The van der Waals surface area contributed by atoms with E-state index < -0.39 is 5.54 Å². The lowest BCUT2D eigenvalue weighted by Crippen LogP contribution is -2.66. The number of hydrogen-bond acceptors (Lipinski definition) is 3. The van der Waals surface area contributed by atoms with Gasteiger partial charge in [0.15, 0.2) is 0 Å². The van der Waals surface area contributed by atoms with Gasteiger partial charge in [-0.3, -0.25) is 9.59 Å². The van der Waals surface area contributed by atoms with Crippen LogP contribution in [-0.4, -0.2) is 48.6 Å². The topological polar surface area (TPSA) is 58.6 Å². The van der Waals surface area contributed by atoms with Crippen molar-refractivity contribution in [3.05, 3.63) is 0 Å². The SMILES string of the molecule is CCC1(C)NC(=O)CN(C(C)COC)C1=O. The molecule has 0 aromatic carbocycles. The third kappa shape index (κ3) is 2.35. The fourth-order valence-corrected chi connectivity index (χ4v) is 1.87. The molecule has 0 saturated carbocycles. The van der Waals surface area contributed by atoms with Crippen LogP contribution in [0, 0.1) is 0 Å². The molecular formula is C11H20N2O3. The highest BCUT2D eigenvalue weighted by Gasteiger charge is 2.42. The number of carbonyl (C=O) groups is 2. The third-order valence-electron chi connectivity index (χ3n) is 3.11. The van der Waals surface area contributed by atoms with Crippen LogP contribution < -0.4 is 5.32 Å². The van der Waals surface area contributed by atoms with Gasteiger partial charge in [0.2, 0.25) is 11.8 Å². The Morgan fingerprint density at radius 3 is 2.69 bits per heavy atom. The molecule has 5 heteroatoms. The Hall–Kier alpha value is -1.10. The van der Waals surface area contributed by atoms with Crippen molar-refractivity contribution in [2.75, 3.05) is 20.3 Å². The van der Waals surface area contributed by atoms with E-state index in [0.717, 1.165) is 0 Å². The molecule has 1 N–H and O–H groups in total. The predicted octanol–water partition coefficient (Wildman–Crippen LogP) is 0.148. The molecule has 1 aliphatic heterocycles. The second kappa shape index (κ2) is 4.82. The quantitative estimate of drug-likeness (QED) is 0.745. The Morgan fingerprint density at radius 1 is 1.56 bits per heavy atom. The summed E-state index contributed by atoms with van der Waals surface area (Å²) in [5, 5.41) is 2.75. The minimum Gasteiger partial charge on any atom is -0.383 e. The lowest BCUT2D eigenvalue weighted by Gasteiger charge is -2.41. The second-order valence-electron chi connectivity index (χ2n) is 4.47. The summed E-state index contributed by atoms with van der Waals surface area (Å²) in [5.74, 6) is -0.133. The first-order valence-corrected chi connectivity index (χ1v) is 5.55. The fourth-order valence-electron chi connectivity index (χ4n) is 1.87. The van der Waals surface area contributed by atoms with Crippen molar-refractivity contribution in [1.82, 2.24) is 10.2 Å². The number of piperazine rings is 1. The molecule has 92 valence electrons. The Balaban J connectivity index is 2.85. The van der Waals surface area contributed by atoms with E-state index in [4.69, 9.17) is 4.74 Å². The van der Waals surface area contributed by atoms with E-state index in [1.165, 1.54) is 0 Å². The zero-order valence-corrected chi connectivity index (χ0v) is 10.4. The molecule has 0 aromatic heterocycles. The van der Waals surface area contributed by atoms with Crippen molar-refractivity contribution < 1.29 is 14.3 Å². The number of ether oxygens (including phenoxy) is 1. The monoisotopic (exact) mass is 228 g/mol. The van der Waals surface area contributed by atoms with Gasteiger partial charge in [-0.25, -0.2) is 0 Å². The van der Waals surface area contributed by atoms with Crippen LogP contribution in [0.5, 0.6) is 0 Å². The van der Waals surface area contributed by atoms with Gasteiger partial charge in [0.25, 0.3) is 0 Å². The number of nitrogens with zero attached hydrogens (tertiary/aromatic N) is 1. The minimum absolute atomic E-state index is 0.0286. The maximum Gasteiger partial charge on any atom is 0.248 e. The molecule has 2 atom stereocenters. The standard InChI is InChI=1S/C11H20N2O3/c1-5-11(3)10(15)13(6-9(14)12-11)8(2)7-16-4/h8H,5-7H2,1-4H3,(H,12,14). The maximum atomic E-state index is 12.2. The Morgan fingerprint density at radius 2 is 2.19 bits per heavy atom. The van der Waals surface area contributed by atoms with Gasteiger partial charge in [-0.2, -0.15) is 0 Å². The van der Waals surface area contributed by atoms with Gasteiger partial charge < -0.3 is 15.0 Å². The second-order valence-corrected chi connectivity index (χ2v) is 4.47. The Labute approximate surface area is 96.1 Å². The van der Waals surface area contributed by atoms with E-state index in [9.17, 15) is 9.59 Å². The third-order valence-corrected chi connectivity index (χ3v) is 3.11. The summed E-state index contributed by atoms with van der Waals surface area (Å²) in [6.45, 7) is 6.11. The fraction of sp³-hybridized carbons (Fsp3) is 0.818. The smallest absolute Gasteiger partial charge is 0.248 e. The van der Waals surface area contributed by atoms with E-state index in [1.54, 1.807) is 18.9 Å². The molecule has 1 heterocycles. The maximum absolute atomic E-state index is 12.2. The van der Waals surface area contributed by atoms with Gasteiger partial charge >= 0.3 is 0 Å². The highest BCUT2D eigenvalue weighted by Crippen LogP contribution is 2.19. The Kier molecular flexibility index (Phi) is 3.91. The van der Waals surface area contributed by atoms with Crippen LogP contribution in [-0.2, 0) is 14.3 Å². The summed E-state index contributed by atoms with van der Waals surface area (Å²) in [4.78, 5) is 25.3. The van der Waals surface area contributed by atoms with Gasteiger partial charge in [0.05, 0.1) is 19.2 Å². The largest absolute Gasteiger partial charge is 0.383 e.